The molecule has 30 heavy (non-hydrogen) atoms. The molecule has 0 aromatic carbocycles. The van der Waals surface area contributed by atoms with E-state index in [-0.39, 0.29) is 18.3 Å². The van der Waals surface area contributed by atoms with Crippen molar-refractivity contribution in [1.29, 1.82) is 0 Å². The number of aromatic nitrogens is 1. The van der Waals surface area contributed by atoms with E-state index in [9.17, 15) is 14.0 Å². The molecular formula is C21H32FN3O5. The molecule has 1 aliphatic heterocycles. The third-order valence-corrected chi connectivity index (χ3v) is 4.68. The normalized spacial score (nSPS) is 16.5. The van der Waals surface area contributed by atoms with Gasteiger partial charge in [0.25, 0.3) is 0 Å². The number of halogens is 1. The van der Waals surface area contributed by atoms with Crippen molar-refractivity contribution in [2.75, 3.05) is 27.4 Å². The fourth-order valence-electron chi connectivity index (χ4n) is 3.29. The van der Waals surface area contributed by atoms with E-state index in [1.54, 1.807) is 27.9 Å². The zero-order valence-electron chi connectivity index (χ0n) is 18.4. The van der Waals surface area contributed by atoms with Crippen LogP contribution >= 0.6 is 0 Å². The van der Waals surface area contributed by atoms with Crippen LogP contribution in [0.2, 0.25) is 0 Å². The number of hydrogen-bond acceptors (Lipinski definition) is 6. The average Bonchev–Trinajstić information content (AvgIpc) is 3.16. The molecule has 1 N–H and O–H groups in total. The number of rotatable bonds is 8. The van der Waals surface area contributed by atoms with E-state index >= 15 is 0 Å². The number of nitrogens with zero attached hydrogens (tertiary/aromatic N) is 2. The van der Waals surface area contributed by atoms with Gasteiger partial charge in [-0.05, 0) is 52.5 Å². The third-order valence-electron chi connectivity index (χ3n) is 4.68. The Morgan fingerprint density at radius 2 is 2.07 bits per heavy atom. The highest BCUT2D eigenvalue weighted by Crippen LogP contribution is 2.23. The minimum absolute atomic E-state index is 0.0446. The molecule has 0 saturated carbocycles. The number of nitrogens with one attached hydrogen (secondary N) is 1. The summed E-state index contributed by atoms with van der Waals surface area (Å²) in [6.45, 7) is 6.36. The van der Waals surface area contributed by atoms with Crippen molar-refractivity contribution in [1.82, 2.24) is 15.2 Å². The standard InChI is InChI=1S/C21H32FN3O5/c1-21(2,3)30-20(27)25-10-6-9-17(25)18(26)23-13-14-12-15(22)16(8-7-11-28-4)24-19(14)29-5/h12,17H,6-11,13H2,1-5H3,(H,23,26)/t17-/m0/s1. The van der Waals surface area contributed by atoms with Crippen LogP contribution in [0, 0.1) is 5.82 Å². The van der Waals surface area contributed by atoms with E-state index in [1.807, 2.05) is 0 Å². The second kappa shape index (κ2) is 10.6. The van der Waals surface area contributed by atoms with Crippen LogP contribution in [0.25, 0.3) is 0 Å². The lowest BCUT2D eigenvalue weighted by Crippen LogP contribution is -2.47. The van der Waals surface area contributed by atoms with Crippen LogP contribution in [0.5, 0.6) is 5.88 Å². The molecule has 0 aliphatic carbocycles. The summed E-state index contributed by atoms with van der Waals surface area (Å²) in [5, 5.41) is 2.77. The largest absolute Gasteiger partial charge is 0.481 e. The van der Waals surface area contributed by atoms with Gasteiger partial charge in [-0.1, -0.05) is 0 Å². The van der Waals surface area contributed by atoms with Crippen LogP contribution in [0.4, 0.5) is 9.18 Å². The Labute approximate surface area is 177 Å². The van der Waals surface area contributed by atoms with Gasteiger partial charge < -0.3 is 19.5 Å². The van der Waals surface area contributed by atoms with E-state index in [0.717, 1.165) is 0 Å². The predicted molar refractivity (Wildman–Crippen MR) is 109 cm³/mol. The summed E-state index contributed by atoms with van der Waals surface area (Å²) in [6.07, 6.45) is 1.82. The molecule has 1 aromatic heterocycles. The third kappa shape index (κ3) is 6.55. The maximum Gasteiger partial charge on any atom is 0.410 e. The van der Waals surface area contributed by atoms with Crippen molar-refractivity contribution in [3.63, 3.8) is 0 Å². The second-order valence-electron chi connectivity index (χ2n) is 8.23. The van der Waals surface area contributed by atoms with E-state index in [0.29, 0.717) is 50.1 Å². The predicted octanol–water partition coefficient (Wildman–Crippen LogP) is 2.82. The summed E-state index contributed by atoms with van der Waals surface area (Å²) in [5.41, 5.74) is 0.0916. The first-order valence-corrected chi connectivity index (χ1v) is 10.1. The number of carbonyl (C=O) groups excluding carboxylic acids is 2. The number of aryl methyl sites for hydroxylation is 1. The fourth-order valence-corrected chi connectivity index (χ4v) is 3.29. The SMILES string of the molecule is COCCCc1nc(OC)c(CNC(=O)[C@@H]2CCCN2C(=O)OC(C)(C)C)cc1F. The number of carbonyl (C=O) groups is 2. The first kappa shape index (κ1) is 23.9. The first-order valence-electron chi connectivity index (χ1n) is 10.1. The molecular weight excluding hydrogens is 393 g/mol. The monoisotopic (exact) mass is 425 g/mol. The quantitative estimate of drug-likeness (QED) is 0.644. The molecule has 1 aliphatic rings. The number of hydrogen-bond donors (Lipinski definition) is 1. The minimum Gasteiger partial charge on any atom is -0.481 e. The Bertz CT molecular complexity index is 751. The van der Waals surface area contributed by atoms with E-state index in [1.165, 1.54) is 18.1 Å². The van der Waals surface area contributed by atoms with Gasteiger partial charge in [-0.2, -0.15) is 0 Å². The summed E-state index contributed by atoms with van der Waals surface area (Å²) >= 11 is 0. The summed E-state index contributed by atoms with van der Waals surface area (Å²) in [5.74, 6) is -0.503. The van der Waals surface area contributed by atoms with Gasteiger partial charge in [0.05, 0.1) is 12.8 Å². The van der Waals surface area contributed by atoms with Crippen molar-refractivity contribution in [2.45, 2.75) is 64.6 Å². The molecule has 0 spiro atoms. The fraction of sp³-hybridized carbons (Fsp3) is 0.667. The van der Waals surface area contributed by atoms with Gasteiger partial charge in [0.2, 0.25) is 11.8 Å². The summed E-state index contributed by atoms with van der Waals surface area (Å²) in [6, 6.07) is 0.714. The van der Waals surface area contributed by atoms with Gasteiger partial charge in [0, 0.05) is 32.4 Å². The topological polar surface area (TPSA) is 90.0 Å². The van der Waals surface area contributed by atoms with Crippen molar-refractivity contribution >= 4 is 12.0 Å². The summed E-state index contributed by atoms with van der Waals surface area (Å²) in [4.78, 5) is 30.7. The number of likely N-dealkylation sites (tertiary alicyclic amines) is 1. The van der Waals surface area contributed by atoms with Crippen LogP contribution in [0.15, 0.2) is 6.07 Å². The lowest BCUT2D eigenvalue weighted by atomic mass is 10.1. The Kier molecular flexibility index (Phi) is 8.40. The molecule has 0 radical (unpaired) electrons. The van der Waals surface area contributed by atoms with Crippen molar-refractivity contribution in [3.05, 3.63) is 23.1 Å². The van der Waals surface area contributed by atoms with Crippen molar-refractivity contribution < 1.29 is 28.2 Å². The van der Waals surface area contributed by atoms with Gasteiger partial charge in [0.1, 0.15) is 17.5 Å². The molecule has 168 valence electrons. The van der Waals surface area contributed by atoms with Crippen molar-refractivity contribution in [2.24, 2.45) is 0 Å². The van der Waals surface area contributed by atoms with Gasteiger partial charge in [-0.3, -0.25) is 9.69 Å². The Hall–Kier alpha value is -2.42. The molecule has 1 saturated heterocycles. The summed E-state index contributed by atoms with van der Waals surface area (Å²) in [7, 11) is 3.04. The Morgan fingerprint density at radius 1 is 1.33 bits per heavy atom. The van der Waals surface area contributed by atoms with Crippen LogP contribution in [0.1, 0.15) is 51.3 Å². The zero-order chi connectivity index (χ0) is 22.3. The smallest absolute Gasteiger partial charge is 0.410 e. The minimum atomic E-state index is -0.637. The van der Waals surface area contributed by atoms with Gasteiger partial charge >= 0.3 is 6.09 Å². The van der Waals surface area contributed by atoms with Crippen LogP contribution in [-0.4, -0.2) is 60.9 Å². The number of methoxy groups -OCH3 is 2. The van der Waals surface area contributed by atoms with Gasteiger partial charge in [-0.15, -0.1) is 0 Å². The molecule has 8 nitrogen and oxygen atoms in total. The maximum absolute atomic E-state index is 14.4. The number of pyridine rings is 1. The molecule has 2 amide bonds. The molecule has 0 unspecified atom stereocenters. The lowest BCUT2D eigenvalue weighted by Gasteiger charge is -2.28. The molecule has 1 aromatic rings. The molecule has 2 heterocycles. The van der Waals surface area contributed by atoms with Crippen LogP contribution < -0.4 is 10.1 Å². The Balaban J connectivity index is 2.02. The van der Waals surface area contributed by atoms with E-state index in [4.69, 9.17) is 14.2 Å². The molecule has 0 bridgehead atoms. The second-order valence-corrected chi connectivity index (χ2v) is 8.23. The van der Waals surface area contributed by atoms with Crippen LogP contribution in [0.3, 0.4) is 0 Å². The molecule has 1 fully saturated rings. The Morgan fingerprint density at radius 3 is 2.70 bits per heavy atom. The van der Waals surface area contributed by atoms with Gasteiger partial charge in [0.15, 0.2) is 0 Å². The van der Waals surface area contributed by atoms with E-state index in [2.05, 4.69) is 10.3 Å². The molecule has 9 heteroatoms. The maximum atomic E-state index is 14.4. The van der Waals surface area contributed by atoms with Crippen LogP contribution in [-0.2, 0) is 27.2 Å². The number of amides is 2. The van der Waals surface area contributed by atoms with Crippen molar-refractivity contribution in [3.8, 4) is 5.88 Å². The average molecular weight is 426 g/mol. The highest BCUT2D eigenvalue weighted by atomic mass is 19.1. The van der Waals surface area contributed by atoms with Gasteiger partial charge in [-0.25, -0.2) is 14.2 Å². The molecule has 2 rings (SSSR count). The molecule has 1 atom stereocenters. The van der Waals surface area contributed by atoms with E-state index < -0.39 is 23.6 Å². The summed E-state index contributed by atoms with van der Waals surface area (Å²) < 4.78 is 30.1. The highest BCUT2D eigenvalue weighted by molar-refractivity contribution is 5.86. The zero-order valence-corrected chi connectivity index (χ0v) is 18.4. The lowest BCUT2D eigenvalue weighted by molar-refractivity contribution is -0.125. The highest BCUT2D eigenvalue weighted by Gasteiger charge is 2.36. The first-order chi connectivity index (χ1) is 14.2. The number of ether oxygens (including phenoxy) is 3.